The second-order valence-corrected chi connectivity index (χ2v) is 14.1. The zero-order valence-electron chi connectivity index (χ0n) is 28.2. The van der Waals surface area contributed by atoms with Gasteiger partial charge in [-0.05, 0) is 71.0 Å². The van der Waals surface area contributed by atoms with E-state index in [4.69, 9.17) is 19.4 Å². The fraction of sp³-hybridized carbons (Fsp3) is 0.556. The molecule has 1 aromatic heterocycles. The van der Waals surface area contributed by atoms with Crippen molar-refractivity contribution in [1.82, 2.24) is 19.8 Å². The van der Waals surface area contributed by atoms with Crippen molar-refractivity contribution < 1.29 is 18.7 Å². The van der Waals surface area contributed by atoms with E-state index in [0.717, 1.165) is 36.5 Å². The molecule has 2 aromatic carbocycles. The quantitative estimate of drug-likeness (QED) is 0.338. The molecule has 1 amide bonds. The summed E-state index contributed by atoms with van der Waals surface area (Å²) in [5.74, 6) is 0.788. The van der Waals surface area contributed by atoms with Gasteiger partial charge in [-0.3, -0.25) is 4.90 Å². The molecule has 0 saturated carbocycles. The number of likely N-dealkylation sites (tertiary alicyclic amines) is 1. The molecule has 3 aliphatic rings. The fourth-order valence-corrected chi connectivity index (χ4v) is 7.16. The number of carbonyl (C=O) groups excluding carboxylic acids is 1. The molecule has 0 aliphatic carbocycles. The van der Waals surface area contributed by atoms with Crippen LogP contribution < -0.4 is 14.5 Å². The van der Waals surface area contributed by atoms with E-state index in [1.54, 1.807) is 4.90 Å². The first-order chi connectivity index (χ1) is 22.5. The number of piperazine rings is 1. The molecule has 2 saturated heterocycles. The summed E-state index contributed by atoms with van der Waals surface area (Å²) in [5, 5.41) is 12.1. The summed E-state index contributed by atoms with van der Waals surface area (Å²) < 4.78 is 26.1. The summed E-state index contributed by atoms with van der Waals surface area (Å²) in [6, 6.07) is 15.0. The number of hydrogen-bond donors (Lipinski definition) is 0. The molecule has 250 valence electrons. The number of benzene rings is 2. The maximum atomic E-state index is 14.1. The third kappa shape index (κ3) is 7.23. The first-order valence-corrected chi connectivity index (χ1v) is 16.7. The van der Waals surface area contributed by atoms with Crippen LogP contribution in [0.4, 0.5) is 20.7 Å². The molecule has 0 spiro atoms. The maximum Gasteiger partial charge on any atom is 0.410 e. The maximum absolute atomic E-state index is 14.1. The Morgan fingerprint density at radius 3 is 2.57 bits per heavy atom. The van der Waals surface area contributed by atoms with Crippen LogP contribution in [-0.4, -0.2) is 96.1 Å². The van der Waals surface area contributed by atoms with Crippen LogP contribution >= 0.6 is 0 Å². The van der Waals surface area contributed by atoms with Crippen LogP contribution in [0.3, 0.4) is 0 Å². The van der Waals surface area contributed by atoms with Gasteiger partial charge in [0.15, 0.2) is 0 Å². The number of aromatic nitrogens is 2. The van der Waals surface area contributed by atoms with Crippen LogP contribution in [0.5, 0.6) is 6.01 Å². The molecule has 0 N–H and O–H groups in total. The van der Waals surface area contributed by atoms with Crippen molar-refractivity contribution in [2.24, 2.45) is 0 Å². The molecule has 0 bridgehead atoms. The smallest absolute Gasteiger partial charge is 0.410 e. The number of ether oxygens (including phenoxy) is 2. The Morgan fingerprint density at radius 2 is 1.85 bits per heavy atom. The highest BCUT2D eigenvalue weighted by Gasteiger charge is 2.36. The summed E-state index contributed by atoms with van der Waals surface area (Å²) in [7, 11) is 1.92. The zero-order valence-corrected chi connectivity index (χ0v) is 28.2. The van der Waals surface area contributed by atoms with Gasteiger partial charge in [-0.2, -0.15) is 15.2 Å². The molecule has 3 atom stereocenters. The molecule has 6 rings (SSSR count). The van der Waals surface area contributed by atoms with Crippen LogP contribution in [0.1, 0.15) is 56.9 Å². The minimum Gasteiger partial charge on any atom is -0.462 e. The van der Waals surface area contributed by atoms with Gasteiger partial charge in [-0.15, -0.1) is 0 Å². The Balaban J connectivity index is 1.34. The molecule has 0 radical (unpaired) electrons. The summed E-state index contributed by atoms with van der Waals surface area (Å²) in [4.78, 5) is 31.3. The van der Waals surface area contributed by atoms with Crippen LogP contribution in [0, 0.1) is 18.3 Å². The van der Waals surface area contributed by atoms with Gasteiger partial charge in [-0.1, -0.05) is 30.3 Å². The minimum atomic E-state index is -0.867. The Morgan fingerprint density at radius 1 is 1.06 bits per heavy atom. The molecule has 1 unspecified atom stereocenters. The van der Waals surface area contributed by atoms with Gasteiger partial charge in [-0.25, -0.2) is 9.18 Å². The molecule has 11 heteroatoms. The van der Waals surface area contributed by atoms with Crippen molar-refractivity contribution >= 4 is 28.4 Å². The number of likely N-dealkylation sites (N-methyl/N-ethyl adjacent to an activating group) is 1. The lowest BCUT2D eigenvalue weighted by Crippen LogP contribution is -2.56. The Hall–Kier alpha value is -4.17. The number of amides is 1. The number of anilines is 2. The lowest BCUT2D eigenvalue weighted by Gasteiger charge is -2.42. The number of nitrogens with zero attached hydrogens (tertiary/aromatic N) is 7. The van der Waals surface area contributed by atoms with E-state index < -0.39 is 17.9 Å². The summed E-state index contributed by atoms with van der Waals surface area (Å²) in [6.45, 7) is 11.2. The summed E-state index contributed by atoms with van der Waals surface area (Å²) in [6.07, 6.45) is 1.03. The fourth-order valence-electron chi connectivity index (χ4n) is 7.16. The first kappa shape index (κ1) is 32.8. The van der Waals surface area contributed by atoms with Crippen molar-refractivity contribution in [3.05, 3.63) is 53.2 Å². The van der Waals surface area contributed by atoms with E-state index in [0.29, 0.717) is 45.8 Å². The van der Waals surface area contributed by atoms with Gasteiger partial charge in [0.1, 0.15) is 24.2 Å². The highest BCUT2D eigenvalue weighted by molar-refractivity contribution is 5.96. The lowest BCUT2D eigenvalue weighted by molar-refractivity contribution is 0.0144. The van der Waals surface area contributed by atoms with Gasteiger partial charge in [0.05, 0.1) is 30.8 Å². The van der Waals surface area contributed by atoms with Crippen molar-refractivity contribution in [3.63, 3.8) is 0 Å². The molecular formula is C36H46FN7O3. The number of halogens is 1. The second-order valence-electron chi connectivity index (χ2n) is 14.1. The molecule has 2 fully saturated rings. The van der Waals surface area contributed by atoms with Gasteiger partial charge in [0, 0.05) is 55.4 Å². The molecular weight excluding hydrogens is 597 g/mol. The number of alkyl halides is 1. The molecule has 3 aromatic rings. The Kier molecular flexibility index (Phi) is 9.42. The Labute approximate surface area is 277 Å². The minimum absolute atomic E-state index is 0.0524. The predicted molar refractivity (Wildman–Crippen MR) is 181 cm³/mol. The van der Waals surface area contributed by atoms with Crippen LogP contribution in [0.25, 0.3) is 10.8 Å². The average molecular weight is 644 g/mol. The van der Waals surface area contributed by atoms with Crippen LogP contribution in [-0.2, 0) is 17.7 Å². The van der Waals surface area contributed by atoms with Crippen molar-refractivity contribution in [2.45, 2.75) is 83.8 Å². The van der Waals surface area contributed by atoms with Crippen molar-refractivity contribution in [2.75, 3.05) is 56.2 Å². The molecule has 3 aliphatic heterocycles. The van der Waals surface area contributed by atoms with Crippen LogP contribution in [0.15, 0.2) is 36.4 Å². The molecule has 4 heterocycles. The SMILES string of the molecule is Cc1cccc2cccc(N3CCCc4c(nc(OC[C@@H]5C[C@@H](F)CN5C)nc4N4CCN(C(=O)OC(C)(C)C)C(CC#N)C4)C3)c12. The lowest BCUT2D eigenvalue weighted by atomic mass is 10.0. The molecule has 10 nitrogen and oxygen atoms in total. The van der Waals surface area contributed by atoms with Crippen molar-refractivity contribution in [1.29, 1.82) is 5.26 Å². The van der Waals surface area contributed by atoms with Gasteiger partial charge >= 0.3 is 12.1 Å². The third-order valence-electron chi connectivity index (χ3n) is 9.46. The van der Waals surface area contributed by atoms with E-state index in [2.05, 4.69) is 59.2 Å². The second kappa shape index (κ2) is 13.5. The predicted octanol–water partition coefficient (Wildman–Crippen LogP) is 5.65. The average Bonchev–Trinajstić information content (AvgIpc) is 3.20. The summed E-state index contributed by atoms with van der Waals surface area (Å²) >= 11 is 0. The Bertz CT molecular complexity index is 1650. The summed E-state index contributed by atoms with van der Waals surface area (Å²) in [5.41, 5.74) is 3.75. The van der Waals surface area contributed by atoms with Crippen LogP contribution in [0.2, 0.25) is 0 Å². The van der Waals surface area contributed by atoms with E-state index in [-0.39, 0.29) is 24.5 Å². The highest BCUT2D eigenvalue weighted by atomic mass is 19.1. The largest absolute Gasteiger partial charge is 0.462 e. The van der Waals surface area contributed by atoms with Crippen molar-refractivity contribution in [3.8, 4) is 12.1 Å². The van der Waals surface area contributed by atoms with Gasteiger partial charge in [0.25, 0.3) is 0 Å². The van der Waals surface area contributed by atoms with E-state index in [1.807, 2.05) is 32.7 Å². The number of fused-ring (bicyclic) bond motifs is 2. The van der Waals surface area contributed by atoms with Gasteiger partial charge < -0.3 is 24.2 Å². The third-order valence-corrected chi connectivity index (χ3v) is 9.46. The number of carbonyl (C=O) groups is 1. The number of aryl methyl sites for hydroxylation is 1. The number of rotatable bonds is 6. The van der Waals surface area contributed by atoms with Gasteiger partial charge in [0.2, 0.25) is 0 Å². The number of hydrogen-bond acceptors (Lipinski definition) is 9. The molecule has 47 heavy (non-hydrogen) atoms. The van der Waals surface area contributed by atoms with E-state index in [1.165, 1.54) is 22.0 Å². The monoisotopic (exact) mass is 643 g/mol. The van der Waals surface area contributed by atoms with E-state index >= 15 is 0 Å². The standard InChI is InChI=1S/C36H46FN7O3/c1-24-9-6-10-25-11-7-13-31(32(24)25)42-16-8-12-29-30(22-42)39-34(46-23-28-19-26(37)20-41(28)5)40-33(29)43-17-18-44(27(21-43)14-15-38)35(45)47-36(2,3)4/h6-7,9-11,13,26-28H,8,12,14,16-23H2,1-5H3/t26-,27?,28+/m1/s1. The normalized spacial score (nSPS) is 22.1. The topological polar surface area (TPSA) is 98.1 Å². The van der Waals surface area contributed by atoms with E-state index in [9.17, 15) is 14.4 Å². The number of nitriles is 1. The highest BCUT2D eigenvalue weighted by Crippen LogP contribution is 2.35. The first-order valence-electron chi connectivity index (χ1n) is 16.7. The zero-order chi connectivity index (χ0) is 33.3.